The molecule has 0 aliphatic rings. The second-order valence-electron chi connectivity index (χ2n) is 2.52. The van der Waals surface area contributed by atoms with Crippen LogP contribution in [0.2, 0.25) is 0 Å². The van der Waals surface area contributed by atoms with E-state index in [-0.39, 0.29) is 0 Å². The first-order valence-electron chi connectivity index (χ1n) is 4.24. The molecule has 0 saturated heterocycles. The zero-order valence-corrected chi connectivity index (χ0v) is 7.34. The number of nitrogens with zero attached hydrogens (tertiary/aromatic N) is 1. The van der Waals surface area contributed by atoms with Crippen molar-refractivity contribution in [1.82, 2.24) is 15.8 Å². The highest BCUT2D eigenvalue weighted by Crippen LogP contribution is 1.91. The van der Waals surface area contributed by atoms with Gasteiger partial charge in [-0.1, -0.05) is 12.1 Å². The van der Waals surface area contributed by atoms with Crippen LogP contribution in [0.1, 0.15) is 12.6 Å². The molecule has 1 aromatic rings. The fourth-order valence-corrected chi connectivity index (χ4v) is 0.899. The van der Waals surface area contributed by atoms with Crippen LogP contribution in [0.4, 0.5) is 0 Å². The molecule has 0 aromatic carbocycles. The third kappa shape index (κ3) is 3.50. The average Bonchev–Trinajstić information content (AvgIpc) is 2.57. The Morgan fingerprint density at radius 1 is 1.42 bits per heavy atom. The van der Waals surface area contributed by atoms with Gasteiger partial charge in [-0.25, -0.2) is 0 Å². The monoisotopic (exact) mass is 169 g/mol. The molecule has 0 aliphatic carbocycles. The van der Waals surface area contributed by atoms with Crippen LogP contribution in [0.3, 0.4) is 0 Å². The first kappa shape index (κ1) is 9.22. The third-order valence-corrected chi connectivity index (χ3v) is 1.53. The maximum atomic E-state index is 4.69. The summed E-state index contributed by atoms with van der Waals surface area (Å²) in [6.45, 7) is 5.85. The van der Waals surface area contributed by atoms with Gasteiger partial charge in [-0.15, -0.1) is 0 Å². The summed E-state index contributed by atoms with van der Waals surface area (Å²) < 4.78 is 4.69. The van der Waals surface area contributed by atoms with Crippen molar-refractivity contribution in [3.63, 3.8) is 0 Å². The lowest BCUT2D eigenvalue weighted by Crippen LogP contribution is -2.26. The molecule has 0 atom stereocenters. The van der Waals surface area contributed by atoms with Crippen LogP contribution in [0.15, 0.2) is 16.9 Å². The summed E-state index contributed by atoms with van der Waals surface area (Å²) in [5, 5.41) is 10.2. The molecule has 1 heterocycles. The first-order chi connectivity index (χ1) is 5.93. The van der Waals surface area contributed by atoms with E-state index in [1.165, 1.54) is 0 Å². The molecule has 0 amide bonds. The fraction of sp³-hybridized carbons (Fsp3) is 0.625. The quantitative estimate of drug-likeness (QED) is 0.604. The van der Waals surface area contributed by atoms with Crippen LogP contribution >= 0.6 is 0 Å². The smallest absolute Gasteiger partial charge is 0.124 e. The van der Waals surface area contributed by atoms with E-state index in [1.54, 1.807) is 6.26 Å². The molecular formula is C8H15N3O. The summed E-state index contributed by atoms with van der Waals surface area (Å²) in [6, 6.07) is 1.86. The van der Waals surface area contributed by atoms with Crippen LogP contribution in [0.5, 0.6) is 0 Å². The normalized spacial score (nSPS) is 10.4. The van der Waals surface area contributed by atoms with E-state index < -0.39 is 0 Å². The molecule has 0 spiro atoms. The number of likely N-dealkylation sites (N-methyl/N-ethyl adjacent to an activating group) is 1. The topological polar surface area (TPSA) is 50.1 Å². The minimum absolute atomic E-state index is 0.780. The molecular weight excluding hydrogens is 154 g/mol. The highest BCUT2D eigenvalue weighted by molar-refractivity contribution is 4.93. The highest BCUT2D eigenvalue weighted by atomic mass is 16.5. The second-order valence-corrected chi connectivity index (χ2v) is 2.52. The predicted molar refractivity (Wildman–Crippen MR) is 46.8 cm³/mol. The Hall–Kier alpha value is -0.870. The van der Waals surface area contributed by atoms with Gasteiger partial charge < -0.3 is 15.2 Å². The molecule has 0 unspecified atom stereocenters. The van der Waals surface area contributed by atoms with Gasteiger partial charge in [0.15, 0.2) is 0 Å². The largest absolute Gasteiger partial charge is 0.364 e. The Morgan fingerprint density at radius 2 is 2.25 bits per heavy atom. The highest BCUT2D eigenvalue weighted by Gasteiger charge is 1.93. The standard InChI is InChI=1S/C8H15N3O/c1-2-9-4-5-10-7-8-3-6-12-11-8/h3,6,9-10H,2,4-5,7H2,1H3. The van der Waals surface area contributed by atoms with E-state index in [4.69, 9.17) is 0 Å². The Morgan fingerprint density at radius 3 is 2.92 bits per heavy atom. The Kier molecular flexibility index (Phi) is 4.41. The zero-order chi connectivity index (χ0) is 8.65. The van der Waals surface area contributed by atoms with Gasteiger partial charge in [-0.3, -0.25) is 0 Å². The predicted octanol–water partition coefficient (Wildman–Crippen LogP) is 0.374. The molecule has 0 aliphatic heterocycles. The fourth-order valence-electron chi connectivity index (χ4n) is 0.899. The van der Waals surface area contributed by atoms with Crippen LogP contribution in [0, 0.1) is 0 Å². The average molecular weight is 169 g/mol. The molecule has 12 heavy (non-hydrogen) atoms. The van der Waals surface area contributed by atoms with E-state index >= 15 is 0 Å². The SMILES string of the molecule is CCNCCNCc1ccon1. The lowest BCUT2D eigenvalue weighted by atomic mass is 10.4. The van der Waals surface area contributed by atoms with E-state index in [0.29, 0.717) is 0 Å². The van der Waals surface area contributed by atoms with Crippen LogP contribution in [0.25, 0.3) is 0 Å². The Balaban J connectivity index is 1.96. The van der Waals surface area contributed by atoms with Crippen molar-refractivity contribution in [2.45, 2.75) is 13.5 Å². The van der Waals surface area contributed by atoms with E-state index in [2.05, 4.69) is 27.2 Å². The van der Waals surface area contributed by atoms with Gasteiger partial charge in [0, 0.05) is 25.7 Å². The lowest BCUT2D eigenvalue weighted by molar-refractivity contribution is 0.408. The molecule has 2 N–H and O–H groups in total. The van der Waals surface area contributed by atoms with Gasteiger partial charge in [-0.2, -0.15) is 0 Å². The van der Waals surface area contributed by atoms with Crippen LogP contribution < -0.4 is 10.6 Å². The molecule has 1 aromatic heterocycles. The van der Waals surface area contributed by atoms with Crippen molar-refractivity contribution < 1.29 is 4.52 Å². The molecule has 4 heteroatoms. The summed E-state index contributed by atoms with van der Waals surface area (Å²) >= 11 is 0. The van der Waals surface area contributed by atoms with Crippen molar-refractivity contribution in [1.29, 1.82) is 0 Å². The van der Waals surface area contributed by atoms with E-state index in [9.17, 15) is 0 Å². The number of aromatic nitrogens is 1. The van der Waals surface area contributed by atoms with Gasteiger partial charge >= 0.3 is 0 Å². The Bertz CT molecular complexity index is 186. The zero-order valence-electron chi connectivity index (χ0n) is 7.34. The van der Waals surface area contributed by atoms with Crippen molar-refractivity contribution >= 4 is 0 Å². The molecule has 0 bridgehead atoms. The van der Waals surface area contributed by atoms with Gasteiger partial charge in [0.25, 0.3) is 0 Å². The molecule has 1 rings (SSSR count). The summed E-state index contributed by atoms with van der Waals surface area (Å²) in [5.41, 5.74) is 0.950. The van der Waals surface area contributed by atoms with Crippen LogP contribution in [-0.2, 0) is 6.54 Å². The molecule has 0 fully saturated rings. The first-order valence-corrected chi connectivity index (χ1v) is 4.24. The van der Waals surface area contributed by atoms with Gasteiger partial charge in [-0.05, 0) is 6.54 Å². The van der Waals surface area contributed by atoms with E-state index in [0.717, 1.165) is 31.9 Å². The lowest BCUT2D eigenvalue weighted by Gasteiger charge is -2.01. The molecule has 4 nitrogen and oxygen atoms in total. The van der Waals surface area contributed by atoms with Crippen LogP contribution in [-0.4, -0.2) is 24.8 Å². The van der Waals surface area contributed by atoms with Crippen molar-refractivity contribution in [3.8, 4) is 0 Å². The second kappa shape index (κ2) is 5.74. The van der Waals surface area contributed by atoms with Crippen molar-refractivity contribution in [2.24, 2.45) is 0 Å². The third-order valence-electron chi connectivity index (χ3n) is 1.53. The van der Waals surface area contributed by atoms with Crippen molar-refractivity contribution in [3.05, 3.63) is 18.0 Å². The minimum atomic E-state index is 0.780. The molecule has 0 saturated carbocycles. The number of hydrogen-bond acceptors (Lipinski definition) is 4. The maximum absolute atomic E-state index is 4.69. The minimum Gasteiger partial charge on any atom is -0.364 e. The number of hydrogen-bond donors (Lipinski definition) is 2. The van der Waals surface area contributed by atoms with Gasteiger partial charge in [0.05, 0.1) is 5.69 Å². The van der Waals surface area contributed by atoms with Gasteiger partial charge in [0.2, 0.25) is 0 Å². The summed E-state index contributed by atoms with van der Waals surface area (Å²) in [5.74, 6) is 0. The van der Waals surface area contributed by atoms with Gasteiger partial charge in [0.1, 0.15) is 6.26 Å². The molecule has 68 valence electrons. The van der Waals surface area contributed by atoms with Crippen molar-refractivity contribution in [2.75, 3.05) is 19.6 Å². The summed E-state index contributed by atoms with van der Waals surface area (Å²) in [4.78, 5) is 0. The summed E-state index contributed by atoms with van der Waals surface area (Å²) in [6.07, 6.45) is 1.58. The number of nitrogens with one attached hydrogen (secondary N) is 2. The maximum Gasteiger partial charge on any atom is 0.124 e. The van der Waals surface area contributed by atoms with E-state index in [1.807, 2.05) is 6.07 Å². The Labute approximate surface area is 72.3 Å². The summed E-state index contributed by atoms with van der Waals surface area (Å²) in [7, 11) is 0. The number of rotatable bonds is 6. The molecule has 0 radical (unpaired) electrons.